The Morgan fingerprint density at radius 1 is 1.19 bits per heavy atom. The average molecular weight is 280 g/mol. The molecule has 0 unspecified atom stereocenters. The summed E-state index contributed by atoms with van der Waals surface area (Å²) in [6, 6.07) is 16.3. The van der Waals surface area contributed by atoms with Gasteiger partial charge in [0.2, 0.25) is 0 Å². The summed E-state index contributed by atoms with van der Waals surface area (Å²) in [6.07, 6.45) is 0. The van der Waals surface area contributed by atoms with Gasteiger partial charge in [0.15, 0.2) is 0 Å². The third kappa shape index (κ3) is 3.84. The van der Waals surface area contributed by atoms with Crippen molar-refractivity contribution in [3.63, 3.8) is 0 Å². The number of nitrogens with one attached hydrogen (secondary N) is 1. The molecule has 0 bridgehead atoms. The largest absolute Gasteiger partial charge is 0.497 e. The van der Waals surface area contributed by atoms with E-state index in [0.29, 0.717) is 5.56 Å². The summed E-state index contributed by atoms with van der Waals surface area (Å²) >= 11 is 0. The zero-order valence-corrected chi connectivity index (χ0v) is 12.7. The number of hydrogen-bond acceptors (Lipinski definition) is 3. The van der Waals surface area contributed by atoms with Gasteiger partial charge in [-0.25, -0.2) is 0 Å². The van der Waals surface area contributed by atoms with Gasteiger partial charge in [0.1, 0.15) is 5.75 Å². The summed E-state index contributed by atoms with van der Waals surface area (Å²) in [5.74, 6) is 0.869. The fourth-order valence-electron chi connectivity index (χ4n) is 2.24. The Balaban J connectivity index is 2.00. The third-order valence-electron chi connectivity index (χ3n) is 3.69. The number of rotatable bonds is 5. The SMILES string of the molecule is COc1ccc([C@H](C)NCc2ccc(C#N)cc2C)cc1. The quantitative estimate of drug-likeness (QED) is 0.907. The van der Waals surface area contributed by atoms with E-state index in [9.17, 15) is 0 Å². The Morgan fingerprint density at radius 2 is 1.90 bits per heavy atom. The van der Waals surface area contributed by atoms with Gasteiger partial charge in [0.05, 0.1) is 18.7 Å². The molecule has 21 heavy (non-hydrogen) atoms. The molecule has 2 aromatic rings. The summed E-state index contributed by atoms with van der Waals surface area (Å²) in [7, 11) is 1.67. The molecule has 0 spiro atoms. The van der Waals surface area contributed by atoms with Crippen molar-refractivity contribution >= 4 is 0 Å². The molecule has 1 atom stereocenters. The van der Waals surface area contributed by atoms with E-state index in [1.54, 1.807) is 7.11 Å². The van der Waals surface area contributed by atoms with E-state index in [0.717, 1.165) is 17.9 Å². The molecule has 0 saturated heterocycles. The van der Waals surface area contributed by atoms with Crippen LogP contribution >= 0.6 is 0 Å². The highest BCUT2D eigenvalue weighted by atomic mass is 16.5. The Morgan fingerprint density at radius 3 is 2.48 bits per heavy atom. The van der Waals surface area contributed by atoms with E-state index in [4.69, 9.17) is 10.00 Å². The summed E-state index contributed by atoms with van der Waals surface area (Å²) < 4.78 is 5.17. The van der Waals surface area contributed by atoms with Gasteiger partial charge < -0.3 is 10.1 Å². The van der Waals surface area contributed by atoms with Gasteiger partial charge >= 0.3 is 0 Å². The van der Waals surface area contributed by atoms with Crippen LogP contribution in [0.4, 0.5) is 0 Å². The number of benzene rings is 2. The summed E-state index contributed by atoms with van der Waals surface area (Å²) in [6.45, 7) is 4.96. The number of nitrogens with zero attached hydrogens (tertiary/aromatic N) is 1. The van der Waals surface area contributed by atoms with Crippen LogP contribution in [0.2, 0.25) is 0 Å². The first-order valence-electron chi connectivity index (χ1n) is 7.01. The molecule has 3 nitrogen and oxygen atoms in total. The fourth-order valence-corrected chi connectivity index (χ4v) is 2.24. The summed E-state index contributed by atoms with van der Waals surface area (Å²) in [4.78, 5) is 0. The molecule has 0 saturated carbocycles. The van der Waals surface area contributed by atoms with Crippen molar-refractivity contribution in [1.82, 2.24) is 5.32 Å². The highest BCUT2D eigenvalue weighted by Gasteiger charge is 2.06. The van der Waals surface area contributed by atoms with E-state index in [2.05, 4.69) is 30.4 Å². The molecule has 2 aromatic carbocycles. The second-order valence-electron chi connectivity index (χ2n) is 5.13. The van der Waals surface area contributed by atoms with Gasteiger partial charge in [-0.3, -0.25) is 0 Å². The summed E-state index contributed by atoms with van der Waals surface area (Å²) in [5, 5.41) is 12.4. The van der Waals surface area contributed by atoms with Crippen molar-refractivity contribution in [2.75, 3.05) is 7.11 Å². The zero-order valence-electron chi connectivity index (χ0n) is 12.7. The maximum atomic E-state index is 8.89. The third-order valence-corrected chi connectivity index (χ3v) is 3.69. The first-order chi connectivity index (χ1) is 10.1. The number of hydrogen-bond donors (Lipinski definition) is 1. The Kier molecular flexibility index (Phi) is 4.97. The van der Waals surface area contributed by atoms with Crippen LogP contribution in [-0.2, 0) is 6.54 Å². The van der Waals surface area contributed by atoms with Crippen molar-refractivity contribution in [2.45, 2.75) is 26.4 Å². The molecule has 0 aliphatic rings. The first kappa shape index (κ1) is 15.1. The lowest BCUT2D eigenvalue weighted by molar-refractivity contribution is 0.414. The highest BCUT2D eigenvalue weighted by molar-refractivity contribution is 5.37. The average Bonchev–Trinajstić information content (AvgIpc) is 2.53. The van der Waals surface area contributed by atoms with Gasteiger partial charge in [-0.15, -0.1) is 0 Å². The van der Waals surface area contributed by atoms with E-state index >= 15 is 0 Å². The highest BCUT2D eigenvalue weighted by Crippen LogP contribution is 2.18. The van der Waals surface area contributed by atoms with E-state index in [-0.39, 0.29) is 6.04 Å². The fraction of sp³-hybridized carbons (Fsp3) is 0.278. The number of ether oxygens (including phenoxy) is 1. The summed E-state index contributed by atoms with van der Waals surface area (Å²) in [5.41, 5.74) is 4.29. The smallest absolute Gasteiger partial charge is 0.118 e. The molecule has 108 valence electrons. The van der Waals surface area contributed by atoms with E-state index in [1.165, 1.54) is 11.1 Å². The molecule has 1 N–H and O–H groups in total. The predicted octanol–water partition coefficient (Wildman–Crippen LogP) is 3.73. The molecule has 0 amide bonds. The Hall–Kier alpha value is -2.31. The molecular weight excluding hydrogens is 260 g/mol. The maximum absolute atomic E-state index is 8.89. The maximum Gasteiger partial charge on any atom is 0.118 e. The molecule has 0 aromatic heterocycles. The monoisotopic (exact) mass is 280 g/mol. The number of aryl methyl sites for hydroxylation is 1. The molecule has 0 fully saturated rings. The molecule has 0 heterocycles. The molecule has 0 aliphatic heterocycles. The minimum absolute atomic E-state index is 0.256. The van der Waals surface area contributed by atoms with Crippen LogP contribution in [0.3, 0.4) is 0 Å². The topological polar surface area (TPSA) is 45.0 Å². The minimum atomic E-state index is 0.256. The van der Waals surface area contributed by atoms with Crippen LogP contribution in [0.15, 0.2) is 42.5 Å². The van der Waals surface area contributed by atoms with Crippen molar-refractivity contribution in [2.24, 2.45) is 0 Å². The second-order valence-corrected chi connectivity index (χ2v) is 5.13. The van der Waals surface area contributed by atoms with Gasteiger partial charge in [-0.2, -0.15) is 5.26 Å². The Labute approximate surface area is 126 Å². The van der Waals surface area contributed by atoms with Crippen LogP contribution < -0.4 is 10.1 Å². The second kappa shape index (κ2) is 6.92. The first-order valence-corrected chi connectivity index (χ1v) is 7.01. The van der Waals surface area contributed by atoms with E-state index in [1.807, 2.05) is 37.3 Å². The minimum Gasteiger partial charge on any atom is -0.497 e. The number of methoxy groups -OCH3 is 1. The predicted molar refractivity (Wildman–Crippen MR) is 84.1 cm³/mol. The molecule has 2 rings (SSSR count). The zero-order chi connectivity index (χ0) is 15.2. The lowest BCUT2D eigenvalue weighted by atomic mass is 10.0. The van der Waals surface area contributed by atoms with Crippen LogP contribution in [0.25, 0.3) is 0 Å². The standard InChI is InChI=1S/C18H20N2O/c1-13-10-15(11-19)4-5-17(13)12-20-14(2)16-6-8-18(21-3)9-7-16/h4-10,14,20H,12H2,1-3H3/t14-/m0/s1. The lowest BCUT2D eigenvalue weighted by Crippen LogP contribution is -2.18. The normalized spacial score (nSPS) is 11.7. The van der Waals surface area contributed by atoms with E-state index < -0.39 is 0 Å². The van der Waals surface area contributed by atoms with Crippen LogP contribution in [0.1, 0.15) is 35.2 Å². The van der Waals surface area contributed by atoms with Crippen LogP contribution in [-0.4, -0.2) is 7.11 Å². The number of nitriles is 1. The molecule has 0 radical (unpaired) electrons. The van der Waals surface area contributed by atoms with Crippen molar-refractivity contribution in [1.29, 1.82) is 5.26 Å². The Bertz CT molecular complexity index is 641. The van der Waals surface area contributed by atoms with Crippen LogP contribution in [0, 0.1) is 18.3 Å². The molecule has 3 heteroatoms. The van der Waals surface area contributed by atoms with Gasteiger partial charge in [0.25, 0.3) is 0 Å². The van der Waals surface area contributed by atoms with Crippen molar-refractivity contribution in [3.05, 3.63) is 64.7 Å². The van der Waals surface area contributed by atoms with Crippen LogP contribution in [0.5, 0.6) is 5.75 Å². The van der Waals surface area contributed by atoms with Crippen molar-refractivity contribution in [3.8, 4) is 11.8 Å². The molecule has 0 aliphatic carbocycles. The van der Waals surface area contributed by atoms with Gasteiger partial charge in [-0.1, -0.05) is 18.2 Å². The van der Waals surface area contributed by atoms with Crippen molar-refractivity contribution < 1.29 is 4.74 Å². The van der Waals surface area contributed by atoms with Gasteiger partial charge in [0, 0.05) is 12.6 Å². The van der Waals surface area contributed by atoms with Gasteiger partial charge in [-0.05, 0) is 54.8 Å². The molecular formula is C18H20N2O. The lowest BCUT2D eigenvalue weighted by Gasteiger charge is -2.16.